The number of ether oxygens (including phenoxy) is 1. The second kappa shape index (κ2) is 9.08. The average molecular weight is 383 g/mol. The van der Waals surface area contributed by atoms with Crippen LogP contribution < -0.4 is 15.5 Å². The SMILES string of the molecule is N#C/C(=C/Nc1ccccc1N1CCOCC1)C(=O)Nc1ccccc1Cl. The Morgan fingerprint density at radius 2 is 1.78 bits per heavy atom. The van der Waals surface area contributed by atoms with Crippen LogP contribution in [0.15, 0.2) is 60.3 Å². The Labute approximate surface area is 163 Å². The van der Waals surface area contributed by atoms with Crippen molar-refractivity contribution in [3.63, 3.8) is 0 Å². The summed E-state index contributed by atoms with van der Waals surface area (Å²) in [5.41, 5.74) is 2.23. The van der Waals surface area contributed by atoms with Gasteiger partial charge in [-0.2, -0.15) is 5.26 Å². The molecule has 2 N–H and O–H groups in total. The van der Waals surface area contributed by atoms with Crippen molar-refractivity contribution in [2.75, 3.05) is 41.8 Å². The van der Waals surface area contributed by atoms with Gasteiger partial charge in [0, 0.05) is 19.3 Å². The van der Waals surface area contributed by atoms with Crippen molar-refractivity contribution in [2.45, 2.75) is 0 Å². The van der Waals surface area contributed by atoms with Crippen LogP contribution in [0.4, 0.5) is 17.1 Å². The van der Waals surface area contributed by atoms with Gasteiger partial charge < -0.3 is 20.3 Å². The largest absolute Gasteiger partial charge is 0.378 e. The number of anilines is 3. The van der Waals surface area contributed by atoms with Gasteiger partial charge in [0.25, 0.3) is 5.91 Å². The first-order chi connectivity index (χ1) is 13.2. The van der Waals surface area contributed by atoms with Gasteiger partial charge in [0.15, 0.2) is 0 Å². The van der Waals surface area contributed by atoms with E-state index in [4.69, 9.17) is 16.3 Å². The molecule has 2 aromatic carbocycles. The molecule has 1 fully saturated rings. The zero-order valence-corrected chi connectivity index (χ0v) is 15.4. The molecule has 0 bridgehead atoms. The Kier molecular flexibility index (Phi) is 6.31. The van der Waals surface area contributed by atoms with Crippen LogP contribution in [0.1, 0.15) is 0 Å². The summed E-state index contributed by atoms with van der Waals surface area (Å²) in [5.74, 6) is -0.526. The van der Waals surface area contributed by atoms with Gasteiger partial charge in [-0.25, -0.2) is 0 Å². The summed E-state index contributed by atoms with van der Waals surface area (Å²) < 4.78 is 5.39. The molecule has 0 aromatic heterocycles. The first-order valence-electron chi connectivity index (χ1n) is 8.53. The second-order valence-electron chi connectivity index (χ2n) is 5.86. The first kappa shape index (κ1) is 18.8. The summed E-state index contributed by atoms with van der Waals surface area (Å²) in [6.07, 6.45) is 1.41. The highest BCUT2D eigenvalue weighted by atomic mass is 35.5. The standard InChI is InChI=1S/C20H19ClN4O2/c21-16-5-1-2-6-17(16)24-20(26)15(13-22)14-23-18-7-3-4-8-19(18)25-9-11-27-12-10-25/h1-8,14,23H,9-12H2,(H,24,26)/b15-14-. The molecule has 0 spiro atoms. The van der Waals surface area contributed by atoms with E-state index in [1.807, 2.05) is 30.3 Å². The van der Waals surface area contributed by atoms with Crippen molar-refractivity contribution in [1.82, 2.24) is 0 Å². The van der Waals surface area contributed by atoms with Crippen LogP contribution in [0.2, 0.25) is 5.02 Å². The molecule has 0 aliphatic carbocycles. The van der Waals surface area contributed by atoms with Crippen molar-refractivity contribution in [3.05, 3.63) is 65.3 Å². The maximum Gasteiger partial charge on any atom is 0.267 e. The normalized spacial score (nSPS) is 14.4. The average Bonchev–Trinajstić information content (AvgIpc) is 2.71. The number of nitrogens with zero attached hydrogens (tertiary/aromatic N) is 2. The Bertz CT molecular complexity index is 886. The molecular formula is C20H19ClN4O2. The van der Waals surface area contributed by atoms with Crippen molar-refractivity contribution in [1.29, 1.82) is 5.26 Å². The van der Waals surface area contributed by atoms with E-state index < -0.39 is 5.91 Å². The third kappa shape index (κ3) is 4.79. The fourth-order valence-corrected chi connectivity index (χ4v) is 2.91. The van der Waals surface area contributed by atoms with Gasteiger partial charge in [-0.05, 0) is 24.3 Å². The molecular weight excluding hydrogens is 364 g/mol. The predicted molar refractivity (Wildman–Crippen MR) is 107 cm³/mol. The Balaban J connectivity index is 1.75. The third-order valence-corrected chi connectivity index (χ3v) is 4.44. The molecule has 3 rings (SSSR count). The zero-order valence-electron chi connectivity index (χ0n) is 14.6. The number of carbonyl (C=O) groups is 1. The first-order valence-corrected chi connectivity index (χ1v) is 8.91. The third-order valence-electron chi connectivity index (χ3n) is 4.11. The number of hydrogen-bond donors (Lipinski definition) is 2. The molecule has 0 atom stereocenters. The van der Waals surface area contributed by atoms with E-state index in [1.54, 1.807) is 24.3 Å². The molecule has 1 heterocycles. The summed E-state index contributed by atoms with van der Waals surface area (Å²) in [5, 5.41) is 15.5. The maximum atomic E-state index is 12.4. The number of rotatable bonds is 5. The van der Waals surface area contributed by atoms with Crippen LogP contribution in [0, 0.1) is 11.3 Å². The summed E-state index contributed by atoms with van der Waals surface area (Å²) in [7, 11) is 0. The van der Waals surface area contributed by atoms with E-state index >= 15 is 0 Å². The Morgan fingerprint density at radius 3 is 2.48 bits per heavy atom. The van der Waals surface area contributed by atoms with Crippen LogP contribution >= 0.6 is 11.6 Å². The lowest BCUT2D eigenvalue weighted by atomic mass is 10.2. The summed E-state index contributed by atoms with van der Waals surface area (Å²) in [6.45, 7) is 2.93. The van der Waals surface area contributed by atoms with Gasteiger partial charge in [-0.3, -0.25) is 4.79 Å². The van der Waals surface area contributed by atoms with Gasteiger partial charge in [0.1, 0.15) is 11.6 Å². The molecule has 138 valence electrons. The fourth-order valence-electron chi connectivity index (χ4n) is 2.73. The van der Waals surface area contributed by atoms with E-state index in [-0.39, 0.29) is 5.57 Å². The molecule has 1 amide bonds. The number of nitriles is 1. The smallest absolute Gasteiger partial charge is 0.267 e. The molecule has 0 radical (unpaired) electrons. The minimum Gasteiger partial charge on any atom is -0.378 e. The number of morpholine rings is 1. The van der Waals surface area contributed by atoms with Crippen LogP contribution in [0.3, 0.4) is 0 Å². The van der Waals surface area contributed by atoms with Crippen molar-refractivity contribution < 1.29 is 9.53 Å². The molecule has 27 heavy (non-hydrogen) atoms. The van der Waals surface area contributed by atoms with Gasteiger partial charge in [0.2, 0.25) is 0 Å². The van der Waals surface area contributed by atoms with E-state index in [2.05, 4.69) is 15.5 Å². The highest BCUT2D eigenvalue weighted by Crippen LogP contribution is 2.26. The van der Waals surface area contributed by atoms with Gasteiger partial charge in [-0.1, -0.05) is 35.9 Å². The Morgan fingerprint density at radius 1 is 1.11 bits per heavy atom. The molecule has 6 nitrogen and oxygen atoms in total. The van der Waals surface area contributed by atoms with Gasteiger partial charge >= 0.3 is 0 Å². The quantitative estimate of drug-likeness (QED) is 0.610. The summed E-state index contributed by atoms with van der Waals surface area (Å²) in [4.78, 5) is 14.6. The monoisotopic (exact) mass is 382 g/mol. The number of halogens is 1. The predicted octanol–water partition coefficient (Wildman–Crippen LogP) is 3.63. The lowest BCUT2D eigenvalue weighted by molar-refractivity contribution is -0.112. The zero-order chi connectivity index (χ0) is 19.1. The van der Waals surface area contributed by atoms with Crippen LogP contribution in [0.25, 0.3) is 0 Å². The highest BCUT2D eigenvalue weighted by Gasteiger charge is 2.15. The molecule has 0 unspecified atom stereocenters. The summed E-state index contributed by atoms with van der Waals surface area (Å²) >= 11 is 6.05. The topological polar surface area (TPSA) is 77.4 Å². The van der Waals surface area contributed by atoms with Crippen LogP contribution in [0.5, 0.6) is 0 Å². The van der Waals surface area contributed by atoms with Crippen molar-refractivity contribution in [2.24, 2.45) is 0 Å². The summed E-state index contributed by atoms with van der Waals surface area (Å²) in [6, 6.07) is 16.5. The minimum atomic E-state index is -0.526. The van der Waals surface area contributed by atoms with Crippen molar-refractivity contribution in [3.8, 4) is 6.07 Å². The van der Waals surface area contributed by atoms with Gasteiger partial charge in [0.05, 0.1) is 35.3 Å². The lowest BCUT2D eigenvalue weighted by Crippen LogP contribution is -2.36. The van der Waals surface area contributed by atoms with Crippen LogP contribution in [-0.2, 0) is 9.53 Å². The second-order valence-corrected chi connectivity index (χ2v) is 6.27. The highest BCUT2D eigenvalue weighted by molar-refractivity contribution is 6.34. The van der Waals surface area contributed by atoms with E-state index in [9.17, 15) is 10.1 Å². The molecule has 1 aliphatic heterocycles. The molecule has 7 heteroatoms. The minimum absolute atomic E-state index is 0.0494. The number of benzene rings is 2. The molecule has 1 saturated heterocycles. The number of para-hydroxylation sites is 3. The number of hydrogen-bond acceptors (Lipinski definition) is 5. The van der Waals surface area contributed by atoms with E-state index in [1.165, 1.54) is 6.20 Å². The molecule has 1 aliphatic rings. The molecule has 2 aromatic rings. The van der Waals surface area contributed by atoms with Gasteiger partial charge in [-0.15, -0.1) is 0 Å². The van der Waals surface area contributed by atoms with E-state index in [0.717, 1.165) is 24.5 Å². The lowest BCUT2D eigenvalue weighted by Gasteiger charge is -2.30. The maximum absolute atomic E-state index is 12.4. The number of amides is 1. The van der Waals surface area contributed by atoms with Crippen LogP contribution in [-0.4, -0.2) is 32.2 Å². The molecule has 0 saturated carbocycles. The Hall–Kier alpha value is -3.01. The fraction of sp³-hybridized carbons (Fsp3) is 0.200. The number of nitrogens with one attached hydrogen (secondary N) is 2. The van der Waals surface area contributed by atoms with E-state index in [0.29, 0.717) is 23.9 Å². The number of carbonyl (C=O) groups excluding carboxylic acids is 1. The van der Waals surface area contributed by atoms with Crippen molar-refractivity contribution >= 4 is 34.6 Å².